The lowest BCUT2D eigenvalue weighted by Crippen LogP contribution is -2.39. The third kappa shape index (κ3) is 2.00. The summed E-state index contributed by atoms with van der Waals surface area (Å²) in [4.78, 5) is 10.9. The summed E-state index contributed by atoms with van der Waals surface area (Å²) in [5.41, 5.74) is 1.08. The number of carboxylic acid groups (broad SMARTS) is 1. The van der Waals surface area contributed by atoms with Gasteiger partial charge in [0.1, 0.15) is 5.75 Å². The van der Waals surface area contributed by atoms with Gasteiger partial charge >= 0.3 is 5.97 Å². The highest BCUT2D eigenvalue weighted by atomic mass is 16.5. The Hall–Kier alpha value is -1.55. The predicted molar refractivity (Wildman–Crippen MR) is 62.3 cm³/mol. The molecule has 0 spiro atoms. The molecule has 0 saturated carbocycles. The highest BCUT2D eigenvalue weighted by molar-refractivity contribution is 5.74. The van der Waals surface area contributed by atoms with Crippen LogP contribution < -0.4 is 4.74 Å². The summed E-state index contributed by atoms with van der Waals surface area (Å²) in [7, 11) is 0. The van der Waals surface area contributed by atoms with Crippen LogP contribution in [0.2, 0.25) is 0 Å². The van der Waals surface area contributed by atoms with Gasteiger partial charge in [-0.3, -0.25) is 0 Å². The van der Waals surface area contributed by atoms with Gasteiger partial charge < -0.3 is 14.9 Å². The van der Waals surface area contributed by atoms with E-state index >= 15 is 0 Å². The maximum absolute atomic E-state index is 10.9. The molecule has 0 amide bonds. The highest BCUT2D eigenvalue weighted by Gasteiger charge is 2.35. The highest BCUT2D eigenvalue weighted by Crippen LogP contribution is 2.33. The summed E-state index contributed by atoms with van der Waals surface area (Å²) < 4.78 is 5.40. The van der Waals surface area contributed by atoms with Gasteiger partial charge in [-0.15, -0.1) is 0 Å². The number of hydrogen-bond acceptors (Lipinski definition) is 3. The van der Waals surface area contributed by atoms with Gasteiger partial charge in [-0.05, 0) is 17.2 Å². The molecule has 0 saturated heterocycles. The topological polar surface area (TPSA) is 66.8 Å². The van der Waals surface area contributed by atoms with Gasteiger partial charge in [-0.25, -0.2) is 4.79 Å². The lowest BCUT2D eigenvalue weighted by molar-refractivity contribution is -0.150. The van der Waals surface area contributed by atoms with Crippen LogP contribution in [0.4, 0.5) is 0 Å². The van der Waals surface area contributed by atoms with Gasteiger partial charge in [0.05, 0.1) is 6.61 Å². The zero-order valence-corrected chi connectivity index (χ0v) is 9.93. The zero-order chi connectivity index (χ0) is 12.6. The fraction of sp³-hybridized carbons (Fsp3) is 0.462. The summed E-state index contributed by atoms with van der Waals surface area (Å²) >= 11 is 0. The molecule has 4 heteroatoms. The van der Waals surface area contributed by atoms with Crippen molar-refractivity contribution >= 4 is 5.97 Å². The molecule has 4 nitrogen and oxygen atoms in total. The molecular formula is C13H16O4. The molecular weight excluding hydrogens is 220 g/mol. The molecule has 2 N–H and O–H groups in total. The van der Waals surface area contributed by atoms with Crippen molar-refractivity contribution in [1.82, 2.24) is 0 Å². The SMILES string of the molecule is CC(C)(c1ccc2c(c1)CCO2)C(O)C(=O)O. The molecule has 1 aromatic carbocycles. The quantitative estimate of drug-likeness (QED) is 0.831. The van der Waals surface area contributed by atoms with Crippen LogP contribution in [0, 0.1) is 0 Å². The van der Waals surface area contributed by atoms with Gasteiger partial charge in [0.15, 0.2) is 6.10 Å². The Morgan fingerprint density at radius 1 is 1.47 bits per heavy atom. The number of rotatable bonds is 3. The molecule has 2 rings (SSSR count). The second-order valence-corrected chi connectivity index (χ2v) is 4.88. The van der Waals surface area contributed by atoms with E-state index in [1.54, 1.807) is 13.8 Å². The number of fused-ring (bicyclic) bond motifs is 1. The Labute approximate surface area is 99.8 Å². The molecule has 0 fully saturated rings. The predicted octanol–water partition coefficient (Wildman–Crippen LogP) is 1.34. The first-order valence-corrected chi connectivity index (χ1v) is 5.60. The number of ether oxygens (including phenoxy) is 1. The molecule has 17 heavy (non-hydrogen) atoms. The van der Waals surface area contributed by atoms with E-state index in [4.69, 9.17) is 9.84 Å². The van der Waals surface area contributed by atoms with E-state index < -0.39 is 17.5 Å². The zero-order valence-electron chi connectivity index (χ0n) is 9.93. The summed E-state index contributed by atoms with van der Waals surface area (Å²) in [6, 6.07) is 5.58. The first-order chi connectivity index (χ1) is 7.93. The first kappa shape index (κ1) is 11.9. The maximum Gasteiger partial charge on any atom is 0.333 e. The molecule has 0 aliphatic carbocycles. The molecule has 1 aliphatic heterocycles. The smallest absolute Gasteiger partial charge is 0.333 e. The molecule has 1 heterocycles. The van der Waals surface area contributed by atoms with Crippen LogP contribution in [0.15, 0.2) is 18.2 Å². The third-order valence-electron chi connectivity index (χ3n) is 3.35. The van der Waals surface area contributed by atoms with Crippen LogP contribution in [-0.2, 0) is 16.6 Å². The largest absolute Gasteiger partial charge is 0.493 e. The Bertz CT molecular complexity index is 451. The summed E-state index contributed by atoms with van der Waals surface area (Å²) in [6.45, 7) is 4.12. The van der Waals surface area contributed by atoms with Gasteiger partial charge in [-0.2, -0.15) is 0 Å². The van der Waals surface area contributed by atoms with Crippen molar-refractivity contribution in [3.63, 3.8) is 0 Å². The van der Waals surface area contributed by atoms with E-state index in [1.807, 2.05) is 18.2 Å². The second kappa shape index (κ2) is 4.04. The van der Waals surface area contributed by atoms with Crippen molar-refractivity contribution < 1.29 is 19.7 Å². The van der Waals surface area contributed by atoms with E-state index in [9.17, 15) is 9.90 Å². The summed E-state index contributed by atoms with van der Waals surface area (Å²) in [5.74, 6) is -0.346. The van der Waals surface area contributed by atoms with Crippen LogP contribution in [0.3, 0.4) is 0 Å². The van der Waals surface area contributed by atoms with E-state index in [2.05, 4.69) is 0 Å². The molecule has 0 radical (unpaired) electrons. The van der Waals surface area contributed by atoms with Crippen LogP contribution in [0.5, 0.6) is 5.75 Å². The molecule has 1 aromatic rings. The fourth-order valence-electron chi connectivity index (χ4n) is 2.05. The van der Waals surface area contributed by atoms with Crippen LogP contribution in [0.25, 0.3) is 0 Å². The van der Waals surface area contributed by atoms with Crippen LogP contribution in [0.1, 0.15) is 25.0 Å². The van der Waals surface area contributed by atoms with Gasteiger partial charge in [0, 0.05) is 11.8 Å². The molecule has 1 unspecified atom stereocenters. The van der Waals surface area contributed by atoms with Crippen molar-refractivity contribution in [3.05, 3.63) is 29.3 Å². The number of benzene rings is 1. The van der Waals surface area contributed by atoms with Crippen molar-refractivity contribution in [1.29, 1.82) is 0 Å². The number of aliphatic hydroxyl groups excluding tert-OH is 1. The van der Waals surface area contributed by atoms with E-state index in [0.29, 0.717) is 6.61 Å². The third-order valence-corrected chi connectivity index (χ3v) is 3.35. The molecule has 1 aliphatic rings. The minimum atomic E-state index is -1.41. The van der Waals surface area contributed by atoms with E-state index in [1.165, 1.54) is 0 Å². The lowest BCUT2D eigenvalue weighted by Gasteiger charge is -2.28. The number of hydrogen-bond donors (Lipinski definition) is 2. The number of aliphatic hydroxyl groups is 1. The maximum atomic E-state index is 10.9. The Kier molecular flexibility index (Phi) is 2.83. The van der Waals surface area contributed by atoms with Crippen molar-refractivity contribution in [2.24, 2.45) is 0 Å². The Morgan fingerprint density at radius 2 is 2.18 bits per heavy atom. The Morgan fingerprint density at radius 3 is 2.82 bits per heavy atom. The second-order valence-electron chi connectivity index (χ2n) is 4.88. The van der Waals surface area contributed by atoms with Gasteiger partial charge in [-0.1, -0.05) is 26.0 Å². The Balaban J connectivity index is 2.36. The van der Waals surface area contributed by atoms with Crippen molar-refractivity contribution in [2.75, 3.05) is 6.61 Å². The standard InChI is InChI=1S/C13H16O4/c1-13(2,11(14)12(15)16)9-3-4-10-8(7-9)5-6-17-10/h3-4,7,11,14H,5-6H2,1-2H3,(H,15,16). The number of carbonyl (C=O) groups is 1. The summed E-state index contributed by atoms with van der Waals surface area (Å²) in [5, 5.41) is 18.6. The minimum absolute atomic E-state index is 0.667. The van der Waals surface area contributed by atoms with Crippen LogP contribution in [-0.4, -0.2) is 28.9 Å². The van der Waals surface area contributed by atoms with E-state index in [0.717, 1.165) is 23.3 Å². The van der Waals surface area contributed by atoms with Gasteiger partial charge in [0.25, 0.3) is 0 Å². The molecule has 1 atom stereocenters. The van der Waals surface area contributed by atoms with Crippen molar-refractivity contribution in [3.8, 4) is 5.75 Å². The van der Waals surface area contributed by atoms with Crippen LogP contribution >= 0.6 is 0 Å². The average Bonchev–Trinajstić information content (AvgIpc) is 2.74. The molecule has 92 valence electrons. The number of carboxylic acids is 1. The van der Waals surface area contributed by atoms with Gasteiger partial charge in [0.2, 0.25) is 0 Å². The fourth-order valence-corrected chi connectivity index (χ4v) is 2.05. The normalized spacial score (nSPS) is 16.2. The minimum Gasteiger partial charge on any atom is -0.493 e. The van der Waals surface area contributed by atoms with E-state index in [-0.39, 0.29) is 0 Å². The average molecular weight is 236 g/mol. The molecule has 0 bridgehead atoms. The summed E-state index contributed by atoms with van der Waals surface area (Å²) in [6.07, 6.45) is -0.578. The van der Waals surface area contributed by atoms with Crippen molar-refractivity contribution in [2.45, 2.75) is 31.8 Å². The number of aliphatic carboxylic acids is 1. The first-order valence-electron chi connectivity index (χ1n) is 5.60. The lowest BCUT2D eigenvalue weighted by atomic mass is 9.78. The molecule has 0 aromatic heterocycles. The monoisotopic (exact) mass is 236 g/mol.